The fraction of sp³-hybridized carbons (Fsp3) is 0.393. The number of carbonyl (C=O) groups excluding carboxylic acids is 1. The Morgan fingerprint density at radius 1 is 0.917 bits per heavy atom. The van der Waals surface area contributed by atoms with Crippen molar-refractivity contribution in [2.24, 2.45) is 0 Å². The van der Waals surface area contributed by atoms with E-state index in [1.807, 2.05) is 17.0 Å². The molecule has 0 spiro atoms. The Balaban J connectivity index is 1.28. The van der Waals surface area contributed by atoms with E-state index < -0.39 is 0 Å². The molecule has 3 aromatic rings. The van der Waals surface area contributed by atoms with Crippen LogP contribution in [0.1, 0.15) is 29.2 Å². The SMILES string of the molecule is COc1cc2c(cc1OC)C(c1ccccc1)N(CCC(=O)N1CCN(c3ncccn3)CC1)CC2. The van der Waals surface area contributed by atoms with Crippen LogP contribution in [0.3, 0.4) is 0 Å². The van der Waals surface area contributed by atoms with Crippen LogP contribution < -0.4 is 14.4 Å². The first-order valence-electron chi connectivity index (χ1n) is 12.5. The summed E-state index contributed by atoms with van der Waals surface area (Å²) in [4.78, 5) is 28.4. The Morgan fingerprint density at radius 2 is 1.61 bits per heavy atom. The summed E-state index contributed by atoms with van der Waals surface area (Å²) >= 11 is 0. The topological polar surface area (TPSA) is 71.0 Å². The highest BCUT2D eigenvalue weighted by atomic mass is 16.5. The lowest BCUT2D eigenvalue weighted by atomic mass is 9.87. The van der Waals surface area contributed by atoms with Gasteiger partial charge in [-0.15, -0.1) is 0 Å². The molecule has 36 heavy (non-hydrogen) atoms. The van der Waals surface area contributed by atoms with Crippen molar-refractivity contribution in [1.29, 1.82) is 0 Å². The first kappa shape index (κ1) is 24.1. The van der Waals surface area contributed by atoms with Gasteiger partial charge in [0.1, 0.15) is 0 Å². The van der Waals surface area contributed by atoms with Crippen LogP contribution in [0.5, 0.6) is 11.5 Å². The number of rotatable bonds is 7. The summed E-state index contributed by atoms with van der Waals surface area (Å²) in [5.74, 6) is 2.42. The van der Waals surface area contributed by atoms with E-state index in [2.05, 4.69) is 56.2 Å². The molecular formula is C28H33N5O3. The van der Waals surface area contributed by atoms with Crippen molar-refractivity contribution in [3.63, 3.8) is 0 Å². The molecule has 0 aliphatic carbocycles. The standard InChI is InChI=1S/C28H33N5O3/c1-35-24-19-22-9-13-32(27(21-7-4-3-5-8-21)23(22)20-25(24)36-2)14-10-26(34)31-15-17-33(18-16-31)28-29-11-6-12-30-28/h3-8,11-12,19-20,27H,9-10,13-18H2,1-2H3. The van der Waals surface area contributed by atoms with Gasteiger partial charge in [0.2, 0.25) is 11.9 Å². The van der Waals surface area contributed by atoms with Crippen LogP contribution in [0, 0.1) is 0 Å². The van der Waals surface area contributed by atoms with E-state index in [1.165, 1.54) is 16.7 Å². The Bertz CT molecular complexity index is 1170. The highest BCUT2D eigenvalue weighted by molar-refractivity contribution is 5.76. The summed E-state index contributed by atoms with van der Waals surface area (Å²) in [6.45, 7) is 4.48. The molecule has 1 saturated heterocycles. The van der Waals surface area contributed by atoms with Gasteiger partial charge in [-0.25, -0.2) is 9.97 Å². The summed E-state index contributed by atoms with van der Waals surface area (Å²) in [5, 5.41) is 0. The van der Waals surface area contributed by atoms with Gasteiger partial charge in [-0.3, -0.25) is 9.69 Å². The van der Waals surface area contributed by atoms with E-state index in [0.29, 0.717) is 26.1 Å². The summed E-state index contributed by atoms with van der Waals surface area (Å²) in [6, 6.07) is 16.6. The number of hydrogen-bond donors (Lipinski definition) is 0. The second-order valence-electron chi connectivity index (χ2n) is 9.17. The number of fused-ring (bicyclic) bond motifs is 1. The number of hydrogen-bond acceptors (Lipinski definition) is 7. The van der Waals surface area contributed by atoms with Crippen molar-refractivity contribution in [3.8, 4) is 11.5 Å². The van der Waals surface area contributed by atoms with Gasteiger partial charge < -0.3 is 19.3 Å². The molecule has 188 valence electrons. The van der Waals surface area contributed by atoms with Gasteiger partial charge >= 0.3 is 0 Å². The normalized spacial score (nSPS) is 18.0. The minimum Gasteiger partial charge on any atom is -0.493 e. The largest absolute Gasteiger partial charge is 0.493 e. The average Bonchev–Trinajstić information content (AvgIpc) is 2.95. The molecule has 1 atom stereocenters. The molecule has 0 saturated carbocycles. The van der Waals surface area contributed by atoms with Crippen molar-refractivity contribution >= 4 is 11.9 Å². The number of piperazine rings is 1. The fourth-order valence-corrected chi connectivity index (χ4v) is 5.27. The first-order chi connectivity index (χ1) is 17.7. The summed E-state index contributed by atoms with van der Waals surface area (Å²) in [6.07, 6.45) is 4.91. The van der Waals surface area contributed by atoms with Crippen molar-refractivity contribution < 1.29 is 14.3 Å². The van der Waals surface area contributed by atoms with Gasteiger partial charge in [0.05, 0.1) is 20.3 Å². The van der Waals surface area contributed by atoms with Crippen LogP contribution in [0.4, 0.5) is 5.95 Å². The zero-order valence-corrected chi connectivity index (χ0v) is 21.0. The van der Waals surface area contributed by atoms with E-state index in [9.17, 15) is 4.79 Å². The Morgan fingerprint density at radius 3 is 2.31 bits per heavy atom. The Labute approximate surface area is 212 Å². The number of ether oxygens (including phenoxy) is 2. The molecule has 1 amide bonds. The molecule has 5 rings (SSSR count). The molecule has 0 N–H and O–H groups in total. The maximum absolute atomic E-state index is 13.2. The molecule has 1 unspecified atom stereocenters. The molecule has 2 aliphatic heterocycles. The van der Waals surface area contributed by atoms with Crippen LogP contribution in [0.2, 0.25) is 0 Å². The van der Waals surface area contributed by atoms with Crippen molar-refractivity contribution in [3.05, 3.63) is 77.6 Å². The quantitative estimate of drug-likeness (QED) is 0.507. The maximum atomic E-state index is 13.2. The predicted molar refractivity (Wildman–Crippen MR) is 139 cm³/mol. The number of methoxy groups -OCH3 is 2. The van der Waals surface area contributed by atoms with Crippen molar-refractivity contribution in [2.45, 2.75) is 18.9 Å². The van der Waals surface area contributed by atoms with Crippen molar-refractivity contribution in [1.82, 2.24) is 19.8 Å². The van der Waals surface area contributed by atoms with E-state index in [-0.39, 0.29) is 11.9 Å². The highest BCUT2D eigenvalue weighted by Gasteiger charge is 2.31. The van der Waals surface area contributed by atoms with Crippen LogP contribution in [-0.4, -0.2) is 79.2 Å². The molecule has 1 fully saturated rings. The Kier molecular flexibility index (Phi) is 7.32. The summed E-state index contributed by atoms with van der Waals surface area (Å²) in [7, 11) is 3.34. The van der Waals surface area contributed by atoms with E-state index in [1.54, 1.807) is 26.6 Å². The molecule has 8 nitrogen and oxygen atoms in total. The number of aromatic nitrogens is 2. The van der Waals surface area contributed by atoms with E-state index >= 15 is 0 Å². The monoisotopic (exact) mass is 487 g/mol. The summed E-state index contributed by atoms with van der Waals surface area (Å²) < 4.78 is 11.2. The summed E-state index contributed by atoms with van der Waals surface area (Å²) in [5.41, 5.74) is 3.70. The molecule has 3 heterocycles. The third kappa shape index (κ3) is 4.99. The smallest absolute Gasteiger partial charge is 0.225 e. The van der Waals surface area contributed by atoms with Crippen LogP contribution in [-0.2, 0) is 11.2 Å². The van der Waals surface area contributed by atoms with Crippen LogP contribution in [0.15, 0.2) is 60.9 Å². The number of anilines is 1. The van der Waals surface area contributed by atoms with Gasteiger partial charge in [-0.05, 0) is 41.3 Å². The zero-order chi connectivity index (χ0) is 24.9. The minimum atomic E-state index is 0.0645. The molecule has 0 radical (unpaired) electrons. The molecule has 1 aromatic heterocycles. The molecule has 8 heteroatoms. The lowest BCUT2D eigenvalue weighted by Crippen LogP contribution is -2.50. The van der Waals surface area contributed by atoms with Crippen LogP contribution in [0.25, 0.3) is 0 Å². The van der Waals surface area contributed by atoms with Crippen molar-refractivity contribution in [2.75, 3.05) is 58.4 Å². The number of nitrogens with zero attached hydrogens (tertiary/aromatic N) is 5. The minimum absolute atomic E-state index is 0.0645. The number of amides is 1. The zero-order valence-electron chi connectivity index (χ0n) is 21.0. The fourth-order valence-electron chi connectivity index (χ4n) is 5.27. The highest BCUT2D eigenvalue weighted by Crippen LogP contribution is 2.41. The van der Waals surface area contributed by atoms with Gasteiger partial charge in [-0.1, -0.05) is 30.3 Å². The van der Waals surface area contributed by atoms with E-state index in [0.717, 1.165) is 43.5 Å². The molecule has 2 aromatic carbocycles. The predicted octanol–water partition coefficient (Wildman–Crippen LogP) is 3.18. The molecule has 0 bridgehead atoms. The van der Waals surface area contributed by atoms with Gasteiger partial charge in [0.25, 0.3) is 0 Å². The van der Waals surface area contributed by atoms with Gasteiger partial charge in [0, 0.05) is 58.1 Å². The van der Waals surface area contributed by atoms with Gasteiger partial charge in [-0.2, -0.15) is 0 Å². The number of carbonyl (C=O) groups is 1. The second-order valence-corrected chi connectivity index (χ2v) is 9.17. The number of benzene rings is 2. The lowest BCUT2D eigenvalue weighted by Gasteiger charge is -2.39. The molecule has 2 aliphatic rings. The third-order valence-electron chi connectivity index (χ3n) is 7.17. The van der Waals surface area contributed by atoms with E-state index in [4.69, 9.17) is 9.47 Å². The maximum Gasteiger partial charge on any atom is 0.225 e. The first-order valence-corrected chi connectivity index (χ1v) is 12.5. The molecular weight excluding hydrogens is 454 g/mol. The Hall–Kier alpha value is -3.65. The third-order valence-corrected chi connectivity index (χ3v) is 7.17. The van der Waals surface area contributed by atoms with Gasteiger partial charge in [0.15, 0.2) is 11.5 Å². The lowest BCUT2D eigenvalue weighted by molar-refractivity contribution is -0.132. The average molecular weight is 488 g/mol. The van der Waals surface area contributed by atoms with Crippen LogP contribution >= 0.6 is 0 Å². The second kappa shape index (κ2) is 11.0.